The lowest BCUT2D eigenvalue weighted by atomic mass is 9.68. The number of ether oxygens (including phenoxy) is 1. The quantitative estimate of drug-likeness (QED) is 0.833. The molecule has 0 saturated heterocycles. The fourth-order valence-corrected chi connectivity index (χ4v) is 3.96. The number of benzene rings is 1. The van der Waals surface area contributed by atoms with Crippen molar-refractivity contribution in [3.8, 4) is 0 Å². The summed E-state index contributed by atoms with van der Waals surface area (Å²) in [5.74, 6) is 1.03. The van der Waals surface area contributed by atoms with E-state index in [0.29, 0.717) is 6.54 Å². The Bertz CT molecular complexity index is 719. The number of hydrogen-bond donors (Lipinski definition) is 1. The Morgan fingerprint density at radius 1 is 1.08 bits per heavy atom. The number of aryl methyl sites for hydroxylation is 1. The van der Waals surface area contributed by atoms with Crippen LogP contribution in [0.1, 0.15) is 49.7 Å². The lowest BCUT2D eigenvalue weighted by Crippen LogP contribution is -2.46. The third-order valence-corrected chi connectivity index (χ3v) is 5.60. The minimum Gasteiger partial charge on any atom is -0.497 e. The summed E-state index contributed by atoms with van der Waals surface area (Å²) in [6.45, 7) is 2.65. The average molecular weight is 351 g/mol. The molecular formula is C23H29NO2. The highest BCUT2D eigenvalue weighted by Crippen LogP contribution is 2.39. The van der Waals surface area contributed by atoms with Gasteiger partial charge in [-0.2, -0.15) is 0 Å². The zero-order valence-corrected chi connectivity index (χ0v) is 15.9. The smallest absolute Gasteiger partial charge is 0.230 e. The molecule has 26 heavy (non-hydrogen) atoms. The van der Waals surface area contributed by atoms with Gasteiger partial charge in [-0.1, -0.05) is 61.2 Å². The number of carbonyl (C=O) groups is 1. The van der Waals surface area contributed by atoms with Crippen LogP contribution in [-0.2, 0) is 14.9 Å². The molecule has 0 heterocycles. The highest BCUT2D eigenvalue weighted by Gasteiger charge is 2.40. The third kappa shape index (κ3) is 4.09. The average Bonchev–Trinajstić information content (AvgIpc) is 2.92. The predicted molar refractivity (Wildman–Crippen MR) is 106 cm³/mol. The molecule has 0 unspecified atom stereocenters. The Labute approximate surface area is 156 Å². The van der Waals surface area contributed by atoms with Crippen molar-refractivity contribution < 1.29 is 9.53 Å². The number of nitrogens with one attached hydrogen (secondary N) is 1. The first-order chi connectivity index (χ1) is 12.6. The Hall–Kier alpha value is -2.29. The van der Waals surface area contributed by atoms with E-state index in [-0.39, 0.29) is 11.3 Å². The lowest BCUT2D eigenvalue weighted by Gasteiger charge is -2.36. The summed E-state index contributed by atoms with van der Waals surface area (Å²) in [6, 6.07) is 8.51. The molecule has 1 amide bonds. The number of allylic oxidation sites excluding steroid dienone is 3. The van der Waals surface area contributed by atoms with Crippen LogP contribution >= 0.6 is 0 Å². The molecule has 1 aromatic rings. The predicted octanol–water partition coefficient (Wildman–Crippen LogP) is 4.73. The minimum atomic E-state index is -0.378. The minimum absolute atomic E-state index is 0.166. The van der Waals surface area contributed by atoms with Gasteiger partial charge in [-0.15, -0.1) is 0 Å². The van der Waals surface area contributed by atoms with E-state index in [1.165, 1.54) is 12.0 Å². The highest BCUT2D eigenvalue weighted by molar-refractivity contribution is 5.88. The summed E-state index contributed by atoms with van der Waals surface area (Å²) in [5, 5.41) is 3.21. The van der Waals surface area contributed by atoms with E-state index in [2.05, 4.69) is 42.6 Å². The zero-order chi connectivity index (χ0) is 18.4. The second-order valence-electron chi connectivity index (χ2n) is 7.35. The van der Waals surface area contributed by atoms with E-state index < -0.39 is 0 Å². The van der Waals surface area contributed by atoms with Gasteiger partial charge in [0.05, 0.1) is 12.5 Å². The van der Waals surface area contributed by atoms with Crippen molar-refractivity contribution in [2.24, 2.45) is 0 Å². The van der Waals surface area contributed by atoms with E-state index >= 15 is 0 Å². The van der Waals surface area contributed by atoms with Crippen molar-refractivity contribution in [3.63, 3.8) is 0 Å². The molecule has 0 aliphatic heterocycles. The number of hydrogen-bond acceptors (Lipinski definition) is 2. The molecule has 2 aliphatic rings. The summed E-state index contributed by atoms with van der Waals surface area (Å²) in [6.07, 6.45) is 14.3. The van der Waals surface area contributed by atoms with E-state index in [1.807, 2.05) is 18.2 Å². The Balaban J connectivity index is 1.73. The van der Waals surface area contributed by atoms with E-state index in [9.17, 15) is 4.79 Å². The molecule has 3 heteroatoms. The van der Waals surface area contributed by atoms with Crippen molar-refractivity contribution in [3.05, 3.63) is 71.0 Å². The van der Waals surface area contributed by atoms with Crippen LogP contribution in [0.5, 0.6) is 0 Å². The molecule has 0 bridgehead atoms. The van der Waals surface area contributed by atoms with Crippen LogP contribution in [0.2, 0.25) is 0 Å². The molecule has 0 atom stereocenters. The van der Waals surface area contributed by atoms with Crippen LogP contribution in [0.15, 0.2) is 59.9 Å². The van der Waals surface area contributed by atoms with Crippen LogP contribution in [0.4, 0.5) is 0 Å². The number of methoxy groups -OCH3 is 1. The highest BCUT2D eigenvalue weighted by atomic mass is 16.5. The van der Waals surface area contributed by atoms with Gasteiger partial charge < -0.3 is 10.1 Å². The van der Waals surface area contributed by atoms with Crippen LogP contribution < -0.4 is 5.32 Å². The fourth-order valence-electron chi connectivity index (χ4n) is 3.96. The molecule has 138 valence electrons. The Kier molecular flexibility index (Phi) is 5.97. The molecule has 0 spiro atoms. The van der Waals surface area contributed by atoms with Crippen molar-refractivity contribution in [1.29, 1.82) is 0 Å². The second-order valence-corrected chi connectivity index (χ2v) is 7.35. The number of rotatable bonds is 5. The summed E-state index contributed by atoms with van der Waals surface area (Å²) in [5.41, 5.74) is 3.14. The van der Waals surface area contributed by atoms with Gasteiger partial charge in [0.1, 0.15) is 5.76 Å². The molecule has 0 aromatic heterocycles. The number of amides is 1. The maximum Gasteiger partial charge on any atom is 0.230 e. The van der Waals surface area contributed by atoms with Gasteiger partial charge in [-0.05, 0) is 49.5 Å². The van der Waals surface area contributed by atoms with Crippen molar-refractivity contribution in [2.75, 3.05) is 13.7 Å². The third-order valence-electron chi connectivity index (χ3n) is 5.60. The Morgan fingerprint density at radius 3 is 2.50 bits per heavy atom. The van der Waals surface area contributed by atoms with Crippen LogP contribution in [0.25, 0.3) is 0 Å². The molecule has 1 N–H and O–H groups in total. The molecular weight excluding hydrogens is 322 g/mol. The van der Waals surface area contributed by atoms with Crippen LogP contribution in [0.3, 0.4) is 0 Å². The van der Waals surface area contributed by atoms with Gasteiger partial charge in [-0.25, -0.2) is 0 Å². The van der Waals surface area contributed by atoms with Gasteiger partial charge in [0.2, 0.25) is 5.91 Å². The van der Waals surface area contributed by atoms with Gasteiger partial charge in [0, 0.05) is 6.54 Å². The van der Waals surface area contributed by atoms with E-state index in [1.54, 1.807) is 7.11 Å². The summed E-state index contributed by atoms with van der Waals surface area (Å²) >= 11 is 0. The maximum atomic E-state index is 13.3. The van der Waals surface area contributed by atoms with Gasteiger partial charge in [0.25, 0.3) is 0 Å². The normalized spacial score (nSPS) is 19.2. The summed E-state index contributed by atoms with van der Waals surface area (Å²) < 4.78 is 5.28. The molecule has 3 rings (SSSR count). The van der Waals surface area contributed by atoms with Gasteiger partial charge in [-0.3, -0.25) is 4.79 Å². The van der Waals surface area contributed by atoms with Gasteiger partial charge in [0.15, 0.2) is 0 Å². The lowest BCUT2D eigenvalue weighted by molar-refractivity contribution is -0.127. The molecule has 1 fully saturated rings. The monoisotopic (exact) mass is 351 g/mol. The SMILES string of the molecule is COC1=CCC=C(CNC(=O)C2(c3ccc(C)cc3)CCCCC2)C=C1. The first kappa shape index (κ1) is 18.5. The first-order valence-electron chi connectivity index (χ1n) is 9.61. The summed E-state index contributed by atoms with van der Waals surface area (Å²) in [4.78, 5) is 13.3. The molecule has 0 radical (unpaired) electrons. The van der Waals surface area contributed by atoms with Crippen LogP contribution in [-0.4, -0.2) is 19.6 Å². The van der Waals surface area contributed by atoms with Gasteiger partial charge >= 0.3 is 0 Å². The molecule has 2 aliphatic carbocycles. The largest absolute Gasteiger partial charge is 0.497 e. The zero-order valence-electron chi connectivity index (χ0n) is 15.9. The molecule has 1 aromatic carbocycles. The van der Waals surface area contributed by atoms with Crippen molar-refractivity contribution in [1.82, 2.24) is 5.32 Å². The van der Waals surface area contributed by atoms with E-state index in [0.717, 1.165) is 49.0 Å². The van der Waals surface area contributed by atoms with Crippen molar-refractivity contribution >= 4 is 5.91 Å². The van der Waals surface area contributed by atoms with E-state index in [4.69, 9.17) is 4.74 Å². The molecule has 3 nitrogen and oxygen atoms in total. The second kappa shape index (κ2) is 8.39. The standard InChI is InChI=1S/C23H29NO2/c1-18-9-12-20(13-10-18)23(15-4-3-5-16-23)22(25)24-17-19-7-6-8-21(26-2)14-11-19/h7-14H,3-6,15-17H2,1-2H3,(H,24,25). The van der Waals surface area contributed by atoms with Crippen molar-refractivity contribution in [2.45, 2.75) is 50.9 Å². The summed E-state index contributed by atoms with van der Waals surface area (Å²) in [7, 11) is 1.68. The topological polar surface area (TPSA) is 38.3 Å². The first-order valence-corrected chi connectivity index (χ1v) is 9.61. The maximum absolute atomic E-state index is 13.3. The molecule has 1 saturated carbocycles. The fraction of sp³-hybridized carbons (Fsp3) is 0.435. The Morgan fingerprint density at radius 2 is 1.81 bits per heavy atom. The van der Waals surface area contributed by atoms with Crippen LogP contribution in [0, 0.1) is 6.92 Å². The number of carbonyl (C=O) groups excluding carboxylic acids is 1.